The van der Waals surface area contributed by atoms with Gasteiger partial charge >= 0.3 is 0 Å². The zero-order chi connectivity index (χ0) is 10.3. The summed E-state index contributed by atoms with van der Waals surface area (Å²) in [6.07, 6.45) is 0.581. The number of para-hydroxylation sites is 2. The van der Waals surface area contributed by atoms with Crippen LogP contribution in [0.2, 0.25) is 0 Å². The van der Waals surface area contributed by atoms with Crippen LogP contribution in [0.25, 0.3) is 11.0 Å². The lowest BCUT2D eigenvalue weighted by molar-refractivity contribution is -0.119. The van der Waals surface area contributed by atoms with Crippen LogP contribution >= 0.6 is 0 Å². The molecule has 0 aliphatic carbocycles. The Labute approximate surface area is 86.9 Å². The molecule has 4 heteroatoms. The number of hydrogen-bond acceptors (Lipinski definition) is 3. The number of rotatable bonds is 0. The van der Waals surface area contributed by atoms with Crippen LogP contribution in [0.1, 0.15) is 6.42 Å². The largest absolute Gasteiger partial charge is 0.355 e. The van der Waals surface area contributed by atoms with Gasteiger partial charge in [-0.3, -0.25) is 4.79 Å². The van der Waals surface area contributed by atoms with Crippen LogP contribution in [0.4, 0.5) is 5.95 Å². The molecule has 1 aromatic carbocycles. The van der Waals surface area contributed by atoms with Crippen LogP contribution in [-0.4, -0.2) is 21.9 Å². The van der Waals surface area contributed by atoms with E-state index in [0.29, 0.717) is 19.5 Å². The molecule has 0 radical (unpaired) electrons. The zero-order valence-corrected chi connectivity index (χ0v) is 8.23. The van der Waals surface area contributed by atoms with Gasteiger partial charge in [-0.2, -0.15) is 0 Å². The molecule has 0 spiro atoms. The molecule has 4 nitrogen and oxygen atoms in total. The molecule has 0 bridgehead atoms. The van der Waals surface area contributed by atoms with Crippen molar-refractivity contribution >= 4 is 22.8 Å². The van der Waals surface area contributed by atoms with Crippen molar-refractivity contribution in [2.75, 3.05) is 11.9 Å². The monoisotopic (exact) mass is 201 g/mol. The second-order valence-electron chi connectivity index (χ2n) is 3.73. The fourth-order valence-corrected chi connectivity index (χ4v) is 1.94. The zero-order valence-electron chi connectivity index (χ0n) is 8.23. The third-order valence-electron chi connectivity index (χ3n) is 2.68. The van der Waals surface area contributed by atoms with Crippen molar-refractivity contribution in [3.63, 3.8) is 0 Å². The SMILES string of the molecule is O=C1CCNc2nc3ccccc3n2C1. The minimum Gasteiger partial charge on any atom is -0.355 e. The fourth-order valence-electron chi connectivity index (χ4n) is 1.94. The highest BCUT2D eigenvalue weighted by atomic mass is 16.1. The van der Waals surface area contributed by atoms with Crippen molar-refractivity contribution in [2.24, 2.45) is 0 Å². The van der Waals surface area contributed by atoms with Crippen LogP contribution in [0.5, 0.6) is 0 Å². The number of anilines is 1. The molecule has 0 fully saturated rings. The highest BCUT2D eigenvalue weighted by Gasteiger charge is 2.16. The molecule has 0 saturated carbocycles. The first kappa shape index (κ1) is 8.47. The fraction of sp³-hybridized carbons (Fsp3) is 0.273. The summed E-state index contributed by atoms with van der Waals surface area (Å²) in [5.74, 6) is 1.06. The van der Waals surface area contributed by atoms with Crippen LogP contribution in [0.3, 0.4) is 0 Å². The Morgan fingerprint density at radius 3 is 3.13 bits per heavy atom. The predicted octanol–water partition coefficient (Wildman–Crippen LogP) is 1.42. The Bertz CT molecular complexity index is 530. The highest BCUT2D eigenvalue weighted by Crippen LogP contribution is 2.21. The number of carbonyl (C=O) groups is 1. The summed E-state index contributed by atoms with van der Waals surface area (Å²) < 4.78 is 1.95. The average Bonchev–Trinajstić information content (AvgIpc) is 2.47. The number of ketones is 1. The van der Waals surface area contributed by atoms with Crippen molar-refractivity contribution in [1.29, 1.82) is 0 Å². The van der Waals surface area contributed by atoms with Crippen LogP contribution in [0.15, 0.2) is 24.3 Å². The van der Waals surface area contributed by atoms with Crippen molar-refractivity contribution in [3.8, 4) is 0 Å². The Hall–Kier alpha value is -1.84. The number of imidazole rings is 1. The first-order valence-electron chi connectivity index (χ1n) is 5.05. The van der Waals surface area contributed by atoms with Crippen LogP contribution < -0.4 is 5.32 Å². The Kier molecular flexibility index (Phi) is 1.74. The van der Waals surface area contributed by atoms with Gasteiger partial charge in [0.05, 0.1) is 17.6 Å². The number of fused-ring (bicyclic) bond motifs is 3. The Balaban J connectivity index is 2.24. The molecular weight excluding hydrogens is 190 g/mol. The van der Waals surface area contributed by atoms with Crippen LogP contribution in [-0.2, 0) is 11.3 Å². The van der Waals surface area contributed by atoms with E-state index < -0.39 is 0 Å². The summed E-state index contributed by atoms with van der Waals surface area (Å²) in [6, 6.07) is 7.87. The molecule has 0 atom stereocenters. The minimum absolute atomic E-state index is 0.254. The Morgan fingerprint density at radius 1 is 1.33 bits per heavy atom. The van der Waals surface area contributed by atoms with Gasteiger partial charge in [0.1, 0.15) is 0 Å². The standard InChI is InChI=1S/C11H11N3O/c15-8-5-6-12-11-13-9-3-1-2-4-10(9)14(11)7-8/h1-4H,5-7H2,(H,12,13). The minimum atomic E-state index is 0.254. The predicted molar refractivity (Wildman–Crippen MR) is 57.8 cm³/mol. The van der Waals surface area contributed by atoms with Crippen molar-refractivity contribution in [2.45, 2.75) is 13.0 Å². The molecule has 1 aliphatic rings. The third kappa shape index (κ3) is 1.29. The maximum Gasteiger partial charge on any atom is 0.204 e. The molecule has 3 rings (SSSR count). The van der Waals surface area contributed by atoms with Crippen molar-refractivity contribution in [1.82, 2.24) is 9.55 Å². The van der Waals surface area contributed by atoms with Gasteiger partial charge in [-0.1, -0.05) is 12.1 Å². The number of hydrogen-bond donors (Lipinski definition) is 1. The van der Waals surface area contributed by atoms with E-state index in [0.717, 1.165) is 17.0 Å². The smallest absolute Gasteiger partial charge is 0.204 e. The third-order valence-corrected chi connectivity index (χ3v) is 2.68. The summed E-state index contributed by atoms with van der Waals surface area (Å²) in [6.45, 7) is 1.12. The summed E-state index contributed by atoms with van der Waals surface area (Å²) in [7, 11) is 0. The molecule has 0 unspecified atom stereocenters. The van der Waals surface area contributed by atoms with Gasteiger partial charge in [-0.05, 0) is 12.1 Å². The molecule has 0 saturated heterocycles. The highest BCUT2D eigenvalue weighted by molar-refractivity contribution is 5.85. The molecule has 2 heterocycles. The van der Waals surface area contributed by atoms with E-state index in [4.69, 9.17) is 0 Å². The molecular formula is C11H11N3O. The van der Waals surface area contributed by atoms with Crippen molar-refractivity contribution in [3.05, 3.63) is 24.3 Å². The van der Waals surface area contributed by atoms with E-state index in [2.05, 4.69) is 10.3 Å². The molecule has 2 aromatic rings. The molecule has 1 aliphatic heterocycles. The molecule has 1 aromatic heterocycles. The van der Waals surface area contributed by atoms with Gasteiger partial charge in [-0.25, -0.2) is 4.98 Å². The maximum absolute atomic E-state index is 11.5. The average molecular weight is 201 g/mol. The van der Waals surface area contributed by atoms with Gasteiger partial charge in [0.25, 0.3) is 0 Å². The quantitative estimate of drug-likeness (QED) is 0.701. The summed E-state index contributed by atoms with van der Waals surface area (Å²) >= 11 is 0. The summed E-state index contributed by atoms with van der Waals surface area (Å²) in [5, 5.41) is 3.18. The van der Waals surface area contributed by atoms with Gasteiger partial charge < -0.3 is 9.88 Å². The molecule has 15 heavy (non-hydrogen) atoms. The number of carbonyl (C=O) groups excluding carboxylic acids is 1. The van der Waals surface area contributed by atoms with E-state index in [1.54, 1.807) is 0 Å². The normalized spacial score (nSPS) is 15.9. The van der Waals surface area contributed by atoms with Crippen molar-refractivity contribution < 1.29 is 4.79 Å². The number of nitrogens with zero attached hydrogens (tertiary/aromatic N) is 2. The van der Waals surface area contributed by atoms with E-state index in [1.807, 2.05) is 28.8 Å². The van der Waals surface area contributed by atoms with Gasteiger partial charge in [0, 0.05) is 13.0 Å². The van der Waals surface area contributed by atoms with E-state index in [9.17, 15) is 4.79 Å². The number of aromatic nitrogens is 2. The van der Waals surface area contributed by atoms with E-state index in [1.165, 1.54) is 0 Å². The van der Waals surface area contributed by atoms with Gasteiger partial charge in [0.2, 0.25) is 5.95 Å². The molecule has 0 amide bonds. The van der Waals surface area contributed by atoms with E-state index >= 15 is 0 Å². The Morgan fingerprint density at radius 2 is 2.20 bits per heavy atom. The lowest BCUT2D eigenvalue weighted by Gasteiger charge is -2.02. The first-order chi connectivity index (χ1) is 7.34. The molecule has 76 valence electrons. The summed E-state index contributed by atoms with van der Waals surface area (Å²) in [5.41, 5.74) is 1.96. The van der Waals surface area contributed by atoms with E-state index in [-0.39, 0.29) is 5.78 Å². The lowest BCUT2D eigenvalue weighted by Crippen LogP contribution is -2.07. The number of nitrogens with one attached hydrogen (secondary N) is 1. The van der Waals surface area contributed by atoms with Crippen LogP contribution in [0, 0.1) is 0 Å². The molecule has 1 N–H and O–H groups in total. The number of Topliss-reactive ketones (excluding diaryl/α,β-unsaturated/α-hetero) is 1. The second kappa shape index (κ2) is 3.08. The lowest BCUT2D eigenvalue weighted by atomic mass is 10.2. The van der Waals surface area contributed by atoms with Gasteiger partial charge in [-0.15, -0.1) is 0 Å². The summed E-state index contributed by atoms with van der Waals surface area (Å²) in [4.78, 5) is 15.9. The number of benzene rings is 1. The second-order valence-corrected chi connectivity index (χ2v) is 3.73. The maximum atomic E-state index is 11.5. The van der Waals surface area contributed by atoms with Gasteiger partial charge in [0.15, 0.2) is 5.78 Å². The first-order valence-corrected chi connectivity index (χ1v) is 5.05. The topological polar surface area (TPSA) is 46.9 Å².